The Bertz CT molecular complexity index is 784. The Morgan fingerprint density at radius 1 is 1.07 bits per heavy atom. The highest BCUT2D eigenvalue weighted by molar-refractivity contribution is 6.43. The Labute approximate surface area is 169 Å². The number of para-hydroxylation sites is 1. The summed E-state index contributed by atoms with van der Waals surface area (Å²) in [6, 6.07) is 14.2. The minimum Gasteiger partial charge on any atom is -0.375 e. The van der Waals surface area contributed by atoms with Crippen molar-refractivity contribution in [1.29, 1.82) is 0 Å². The van der Waals surface area contributed by atoms with Gasteiger partial charge in [0.15, 0.2) is 0 Å². The van der Waals surface area contributed by atoms with Crippen molar-refractivity contribution in [2.45, 2.75) is 19.4 Å². The highest BCUT2D eigenvalue weighted by atomic mass is 35.5. The van der Waals surface area contributed by atoms with Crippen molar-refractivity contribution in [3.05, 3.63) is 64.1 Å². The van der Waals surface area contributed by atoms with Crippen LogP contribution in [-0.4, -0.2) is 38.0 Å². The quantitative estimate of drug-likeness (QED) is 0.654. The first-order valence-electron chi connectivity index (χ1n) is 8.69. The molecule has 2 amide bonds. The zero-order valence-corrected chi connectivity index (χ0v) is 16.8. The first-order chi connectivity index (χ1) is 12.9. The van der Waals surface area contributed by atoms with Crippen LogP contribution in [0.1, 0.15) is 23.7 Å². The molecule has 2 rings (SSSR count). The summed E-state index contributed by atoms with van der Waals surface area (Å²) < 4.78 is 0. The van der Waals surface area contributed by atoms with Crippen molar-refractivity contribution in [3.8, 4) is 0 Å². The molecule has 1 atom stereocenters. The predicted molar refractivity (Wildman–Crippen MR) is 111 cm³/mol. The Kier molecular flexibility index (Phi) is 7.95. The molecule has 1 unspecified atom stereocenters. The smallest absolute Gasteiger partial charge is 0.253 e. The average molecular weight is 408 g/mol. The Morgan fingerprint density at radius 3 is 2.48 bits per heavy atom. The number of carbonyl (C=O) groups excluding carboxylic acids is 2. The van der Waals surface area contributed by atoms with E-state index in [9.17, 15) is 9.59 Å². The number of nitrogens with zero attached hydrogens (tertiary/aromatic N) is 1. The number of rotatable bonds is 8. The van der Waals surface area contributed by atoms with Crippen LogP contribution in [0.2, 0.25) is 10.0 Å². The standard InChI is InChI=1S/C20H23Cl2N3O2/c1-14(24-20(27)16-10-6-11-17(21)18(16)22)19(26)23-12-7-13-25(2)15-8-4-3-5-9-15/h3-6,8-11,14H,7,12-13H2,1-2H3,(H,23,26)(H,24,27). The Balaban J connectivity index is 1.75. The van der Waals surface area contributed by atoms with Crippen molar-refractivity contribution in [2.24, 2.45) is 0 Å². The fourth-order valence-electron chi connectivity index (χ4n) is 2.51. The molecule has 2 aromatic carbocycles. The van der Waals surface area contributed by atoms with E-state index in [1.807, 2.05) is 37.4 Å². The molecule has 2 aromatic rings. The summed E-state index contributed by atoms with van der Waals surface area (Å²) in [5, 5.41) is 5.94. The second-order valence-electron chi connectivity index (χ2n) is 6.20. The lowest BCUT2D eigenvalue weighted by molar-refractivity contribution is -0.122. The van der Waals surface area contributed by atoms with Crippen LogP contribution in [-0.2, 0) is 4.79 Å². The number of halogens is 2. The van der Waals surface area contributed by atoms with E-state index in [-0.39, 0.29) is 16.5 Å². The summed E-state index contributed by atoms with van der Waals surface area (Å²) in [5.41, 5.74) is 1.37. The number of amides is 2. The molecule has 0 aromatic heterocycles. The maximum atomic E-state index is 12.3. The number of hydrogen-bond acceptors (Lipinski definition) is 3. The minimum atomic E-state index is -0.681. The van der Waals surface area contributed by atoms with Crippen LogP contribution in [0.3, 0.4) is 0 Å². The van der Waals surface area contributed by atoms with E-state index in [1.54, 1.807) is 25.1 Å². The molecule has 0 saturated carbocycles. The molecule has 27 heavy (non-hydrogen) atoms. The van der Waals surface area contributed by atoms with Crippen molar-refractivity contribution < 1.29 is 9.59 Å². The predicted octanol–water partition coefficient (Wildman–Crippen LogP) is 3.75. The lowest BCUT2D eigenvalue weighted by Crippen LogP contribution is -2.45. The third-order valence-electron chi connectivity index (χ3n) is 4.10. The van der Waals surface area contributed by atoms with Gasteiger partial charge in [0.05, 0.1) is 15.6 Å². The molecular formula is C20H23Cl2N3O2. The summed E-state index contributed by atoms with van der Waals surface area (Å²) in [5.74, 6) is -0.683. The fourth-order valence-corrected chi connectivity index (χ4v) is 2.90. The first kappa shape index (κ1) is 21.1. The van der Waals surface area contributed by atoms with Crippen molar-refractivity contribution in [1.82, 2.24) is 10.6 Å². The number of anilines is 1. The van der Waals surface area contributed by atoms with Gasteiger partial charge in [0.2, 0.25) is 5.91 Å². The molecule has 0 bridgehead atoms. The van der Waals surface area contributed by atoms with Gasteiger partial charge in [-0.15, -0.1) is 0 Å². The topological polar surface area (TPSA) is 61.4 Å². The molecule has 0 aliphatic heterocycles. The molecule has 2 N–H and O–H groups in total. The van der Waals surface area contributed by atoms with E-state index >= 15 is 0 Å². The molecule has 0 heterocycles. The molecule has 0 saturated heterocycles. The van der Waals surface area contributed by atoms with Gasteiger partial charge in [-0.05, 0) is 37.6 Å². The molecule has 0 spiro atoms. The van der Waals surface area contributed by atoms with Gasteiger partial charge < -0.3 is 15.5 Å². The van der Waals surface area contributed by atoms with Gasteiger partial charge in [-0.25, -0.2) is 0 Å². The lowest BCUT2D eigenvalue weighted by atomic mass is 10.2. The van der Waals surface area contributed by atoms with Crippen LogP contribution < -0.4 is 15.5 Å². The number of nitrogens with one attached hydrogen (secondary N) is 2. The van der Waals surface area contributed by atoms with Gasteiger partial charge in [0.25, 0.3) is 5.91 Å². The van der Waals surface area contributed by atoms with Crippen molar-refractivity contribution in [3.63, 3.8) is 0 Å². The van der Waals surface area contributed by atoms with Crippen LogP contribution in [0.15, 0.2) is 48.5 Å². The summed E-state index contributed by atoms with van der Waals surface area (Å²) in [7, 11) is 2.01. The SMILES string of the molecule is CC(NC(=O)c1cccc(Cl)c1Cl)C(=O)NCCCN(C)c1ccccc1. The number of carbonyl (C=O) groups is 2. The van der Waals surface area contributed by atoms with Crippen LogP contribution in [0.4, 0.5) is 5.69 Å². The van der Waals surface area contributed by atoms with Crippen LogP contribution in [0.25, 0.3) is 0 Å². The molecular weight excluding hydrogens is 385 g/mol. The van der Waals surface area contributed by atoms with Crippen molar-refractivity contribution in [2.75, 3.05) is 25.0 Å². The van der Waals surface area contributed by atoms with E-state index in [1.165, 1.54) is 0 Å². The van der Waals surface area contributed by atoms with Gasteiger partial charge in [0.1, 0.15) is 6.04 Å². The van der Waals surface area contributed by atoms with Gasteiger partial charge in [0, 0.05) is 25.8 Å². The largest absolute Gasteiger partial charge is 0.375 e. The van der Waals surface area contributed by atoms with E-state index in [0.29, 0.717) is 11.6 Å². The highest BCUT2D eigenvalue weighted by Gasteiger charge is 2.18. The molecule has 7 heteroatoms. The molecule has 0 aliphatic carbocycles. The molecule has 0 radical (unpaired) electrons. The van der Waals surface area contributed by atoms with E-state index in [0.717, 1.165) is 18.7 Å². The van der Waals surface area contributed by atoms with Crippen molar-refractivity contribution >= 4 is 40.7 Å². The van der Waals surface area contributed by atoms with E-state index < -0.39 is 11.9 Å². The third-order valence-corrected chi connectivity index (χ3v) is 4.92. The first-order valence-corrected chi connectivity index (χ1v) is 9.44. The van der Waals surface area contributed by atoms with E-state index in [2.05, 4.69) is 15.5 Å². The molecule has 5 nitrogen and oxygen atoms in total. The van der Waals surface area contributed by atoms with Gasteiger partial charge in [-0.1, -0.05) is 47.5 Å². The van der Waals surface area contributed by atoms with Gasteiger partial charge >= 0.3 is 0 Å². The lowest BCUT2D eigenvalue weighted by Gasteiger charge is -2.20. The zero-order chi connectivity index (χ0) is 19.8. The summed E-state index contributed by atoms with van der Waals surface area (Å²) in [4.78, 5) is 26.6. The summed E-state index contributed by atoms with van der Waals surface area (Å²) in [6.07, 6.45) is 0.790. The Hall–Kier alpha value is -2.24. The average Bonchev–Trinajstić information content (AvgIpc) is 2.67. The number of hydrogen-bond donors (Lipinski definition) is 2. The molecule has 144 valence electrons. The second-order valence-corrected chi connectivity index (χ2v) is 6.98. The Morgan fingerprint density at radius 2 is 1.78 bits per heavy atom. The monoisotopic (exact) mass is 407 g/mol. The van der Waals surface area contributed by atoms with Gasteiger partial charge in [-0.2, -0.15) is 0 Å². The summed E-state index contributed by atoms with van der Waals surface area (Å²) >= 11 is 12.0. The third kappa shape index (κ3) is 6.15. The second kappa shape index (κ2) is 10.2. The minimum absolute atomic E-state index is 0.174. The maximum absolute atomic E-state index is 12.3. The van der Waals surface area contributed by atoms with Crippen LogP contribution in [0.5, 0.6) is 0 Å². The van der Waals surface area contributed by atoms with Gasteiger partial charge in [-0.3, -0.25) is 9.59 Å². The summed E-state index contributed by atoms with van der Waals surface area (Å²) in [6.45, 7) is 2.96. The van der Waals surface area contributed by atoms with Crippen LogP contribution >= 0.6 is 23.2 Å². The molecule has 0 fully saturated rings. The van der Waals surface area contributed by atoms with Crippen LogP contribution in [0, 0.1) is 0 Å². The fraction of sp³-hybridized carbons (Fsp3) is 0.300. The zero-order valence-electron chi connectivity index (χ0n) is 15.3. The normalized spacial score (nSPS) is 11.6. The molecule has 0 aliphatic rings. The number of benzene rings is 2. The highest BCUT2D eigenvalue weighted by Crippen LogP contribution is 2.25. The maximum Gasteiger partial charge on any atom is 0.253 e. The van der Waals surface area contributed by atoms with E-state index in [4.69, 9.17) is 23.2 Å².